The van der Waals surface area contributed by atoms with Crippen molar-refractivity contribution >= 4 is 40.5 Å². The zero-order valence-electron chi connectivity index (χ0n) is 25.4. The Hall–Kier alpha value is -4.40. The average Bonchev–Trinajstić information content (AvgIpc) is 3.42. The summed E-state index contributed by atoms with van der Waals surface area (Å²) >= 11 is 11.9. The molecule has 4 rings (SSSR count). The van der Waals surface area contributed by atoms with Crippen molar-refractivity contribution in [3.05, 3.63) is 118 Å². The summed E-state index contributed by atoms with van der Waals surface area (Å²) < 4.78 is 43.6. The van der Waals surface area contributed by atoms with E-state index in [2.05, 4.69) is 21.7 Å². The maximum absolute atomic E-state index is 13.9. The zero-order valence-corrected chi connectivity index (χ0v) is 27.0. The van der Waals surface area contributed by atoms with E-state index in [9.17, 15) is 18.0 Å². The van der Waals surface area contributed by atoms with Gasteiger partial charge in [-0.25, -0.2) is 4.98 Å². The molecule has 46 heavy (non-hydrogen) atoms. The lowest BCUT2D eigenvalue weighted by atomic mass is 10.0. The van der Waals surface area contributed by atoms with E-state index < -0.39 is 17.8 Å². The number of carbonyl (C=O) groups is 1. The molecule has 240 valence electrons. The second kappa shape index (κ2) is 15.7. The minimum Gasteiger partial charge on any atom is -0.351 e. The largest absolute Gasteiger partial charge is 0.416 e. The van der Waals surface area contributed by atoms with Crippen LogP contribution >= 0.6 is 23.8 Å². The molecule has 0 aliphatic carbocycles. The van der Waals surface area contributed by atoms with E-state index in [0.717, 1.165) is 11.6 Å². The lowest BCUT2D eigenvalue weighted by Gasteiger charge is -2.32. The molecule has 0 aliphatic heterocycles. The standard InChI is InChI=1S/C34H34ClF3N6OS/c1-23(2)14-29(41-32(45)16-30-18-40-22-44(30)19-25-12-10-24(17-39)11-13-25)21-43(33(46)42-28-8-5-7-27(35)15-28)20-26-6-3-4-9-31(26)34(36,37)38/h3-13,15,18,22-23,29H,14,16,19-21H2,1-2H3,(H,41,45)(H,42,46)/t29-/m0/s1. The maximum atomic E-state index is 13.9. The first kappa shape index (κ1) is 34.5. The van der Waals surface area contributed by atoms with Crippen molar-refractivity contribution < 1.29 is 18.0 Å². The van der Waals surface area contributed by atoms with Gasteiger partial charge in [0.2, 0.25) is 5.91 Å². The number of hydrogen-bond acceptors (Lipinski definition) is 4. The van der Waals surface area contributed by atoms with Crippen molar-refractivity contribution in [1.29, 1.82) is 5.26 Å². The van der Waals surface area contributed by atoms with Gasteiger partial charge < -0.3 is 20.1 Å². The van der Waals surface area contributed by atoms with Gasteiger partial charge in [-0.2, -0.15) is 18.4 Å². The Kier molecular flexibility index (Phi) is 11.8. The molecule has 7 nitrogen and oxygen atoms in total. The summed E-state index contributed by atoms with van der Waals surface area (Å²) in [5, 5.41) is 15.9. The van der Waals surface area contributed by atoms with Crippen LogP contribution in [0.15, 0.2) is 85.3 Å². The van der Waals surface area contributed by atoms with Crippen LogP contribution in [-0.4, -0.2) is 38.1 Å². The molecule has 1 amide bonds. The summed E-state index contributed by atoms with van der Waals surface area (Å²) in [5.74, 6) is -0.0810. The number of aromatic nitrogens is 2. The van der Waals surface area contributed by atoms with Crippen LogP contribution in [0.25, 0.3) is 0 Å². The highest BCUT2D eigenvalue weighted by molar-refractivity contribution is 7.80. The molecule has 4 aromatic rings. The average molecular weight is 667 g/mol. The van der Waals surface area contributed by atoms with Gasteiger partial charge in [0.05, 0.1) is 29.9 Å². The Balaban J connectivity index is 1.53. The highest BCUT2D eigenvalue weighted by Gasteiger charge is 2.34. The van der Waals surface area contributed by atoms with E-state index >= 15 is 0 Å². The molecule has 1 atom stereocenters. The Bertz CT molecular complexity index is 1680. The van der Waals surface area contributed by atoms with Gasteiger partial charge in [0, 0.05) is 48.3 Å². The van der Waals surface area contributed by atoms with Gasteiger partial charge in [0.15, 0.2) is 5.11 Å². The number of anilines is 1. The number of hydrogen-bond donors (Lipinski definition) is 2. The van der Waals surface area contributed by atoms with Crippen LogP contribution in [0.1, 0.15) is 48.2 Å². The molecular formula is C34H34ClF3N6OS. The van der Waals surface area contributed by atoms with E-state index in [1.165, 1.54) is 12.1 Å². The van der Waals surface area contributed by atoms with E-state index in [0.29, 0.717) is 34.9 Å². The molecule has 0 fully saturated rings. The SMILES string of the molecule is CC(C)C[C@@H](CN(Cc1ccccc1C(F)(F)F)C(=S)Nc1cccc(Cl)c1)NC(=O)Cc1cncn1Cc1ccc(C#N)cc1. The number of amides is 1. The molecule has 3 aromatic carbocycles. The first-order chi connectivity index (χ1) is 21.9. The number of nitrogens with zero attached hydrogens (tertiary/aromatic N) is 4. The van der Waals surface area contributed by atoms with Crippen LogP contribution in [0.4, 0.5) is 18.9 Å². The van der Waals surface area contributed by atoms with E-state index in [-0.39, 0.29) is 42.0 Å². The third-order valence-electron chi connectivity index (χ3n) is 7.19. The van der Waals surface area contributed by atoms with Crippen LogP contribution in [0.3, 0.4) is 0 Å². The Morgan fingerprint density at radius 3 is 2.52 bits per heavy atom. The van der Waals surface area contributed by atoms with Crippen molar-refractivity contribution in [3.63, 3.8) is 0 Å². The normalized spacial score (nSPS) is 12.0. The van der Waals surface area contributed by atoms with Crippen molar-refractivity contribution in [3.8, 4) is 6.07 Å². The number of halogens is 4. The Labute approximate surface area is 277 Å². The topological polar surface area (TPSA) is 86.0 Å². The third-order valence-corrected chi connectivity index (χ3v) is 7.78. The molecule has 0 spiro atoms. The van der Waals surface area contributed by atoms with Crippen LogP contribution < -0.4 is 10.6 Å². The van der Waals surface area contributed by atoms with Crippen molar-refractivity contribution in [2.24, 2.45) is 5.92 Å². The van der Waals surface area contributed by atoms with Crippen molar-refractivity contribution in [2.75, 3.05) is 11.9 Å². The summed E-state index contributed by atoms with van der Waals surface area (Å²) in [6.07, 6.45) is -0.658. The minimum atomic E-state index is -4.55. The molecule has 0 saturated carbocycles. The number of benzene rings is 3. The molecule has 1 heterocycles. The molecule has 0 radical (unpaired) electrons. The first-order valence-corrected chi connectivity index (χ1v) is 15.4. The van der Waals surface area contributed by atoms with Gasteiger partial charge in [0.1, 0.15) is 0 Å². The smallest absolute Gasteiger partial charge is 0.351 e. The number of imidazole rings is 1. The van der Waals surface area contributed by atoms with Crippen LogP contribution in [0.5, 0.6) is 0 Å². The van der Waals surface area contributed by atoms with Gasteiger partial charge >= 0.3 is 6.18 Å². The summed E-state index contributed by atoms with van der Waals surface area (Å²) in [6.45, 7) is 4.52. The third kappa shape index (κ3) is 10.1. The van der Waals surface area contributed by atoms with E-state index in [1.54, 1.807) is 59.9 Å². The fourth-order valence-corrected chi connectivity index (χ4v) is 5.55. The molecule has 0 saturated heterocycles. The minimum absolute atomic E-state index is 0.0486. The van der Waals surface area contributed by atoms with Crippen LogP contribution in [-0.2, 0) is 30.5 Å². The van der Waals surface area contributed by atoms with Crippen molar-refractivity contribution in [2.45, 2.75) is 52.0 Å². The fraction of sp³-hybridized carbons (Fsp3) is 0.294. The fourth-order valence-electron chi connectivity index (χ4n) is 5.10. The molecule has 12 heteroatoms. The molecule has 1 aromatic heterocycles. The number of thiocarbonyl (C=S) groups is 1. The first-order valence-electron chi connectivity index (χ1n) is 14.6. The second-order valence-electron chi connectivity index (χ2n) is 11.4. The predicted molar refractivity (Wildman–Crippen MR) is 177 cm³/mol. The van der Waals surface area contributed by atoms with Gasteiger partial charge in [0.25, 0.3) is 0 Å². The molecule has 0 unspecified atom stereocenters. The number of alkyl halides is 3. The Morgan fingerprint density at radius 1 is 1.11 bits per heavy atom. The van der Waals surface area contributed by atoms with Gasteiger partial charge in [-0.15, -0.1) is 0 Å². The lowest BCUT2D eigenvalue weighted by molar-refractivity contribution is -0.138. The van der Waals surface area contributed by atoms with Crippen LogP contribution in [0.2, 0.25) is 5.02 Å². The maximum Gasteiger partial charge on any atom is 0.416 e. The molecule has 0 aliphatic rings. The monoisotopic (exact) mass is 666 g/mol. The summed E-state index contributed by atoms with van der Waals surface area (Å²) in [7, 11) is 0. The van der Waals surface area contributed by atoms with Gasteiger partial charge in [-0.3, -0.25) is 4.79 Å². The molecular weight excluding hydrogens is 633 g/mol. The van der Waals surface area contributed by atoms with Gasteiger partial charge in [-0.05, 0) is 72.1 Å². The number of nitrogens with one attached hydrogen (secondary N) is 2. The van der Waals surface area contributed by atoms with Crippen LogP contribution in [0, 0.1) is 17.2 Å². The quantitative estimate of drug-likeness (QED) is 0.153. The number of carbonyl (C=O) groups excluding carboxylic acids is 1. The number of nitriles is 1. The summed E-state index contributed by atoms with van der Waals surface area (Å²) in [5.41, 5.74) is 2.11. The van der Waals surface area contributed by atoms with Crippen molar-refractivity contribution in [1.82, 2.24) is 19.8 Å². The van der Waals surface area contributed by atoms with E-state index in [4.69, 9.17) is 29.1 Å². The Morgan fingerprint density at radius 2 is 1.85 bits per heavy atom. The summed E-state index contributed by atoms with van der Waals surface area (Å²) in [6, 6.07) is 21.1. The zero-order chi connectivity index (χ0) is 33.3. The second-order valence-corrected chi connectivity index (χ2v) is 12.2. The molecule has 2 N–H and O–H groups in total. The predicted octanol–water partition coefficient (Wildman–Crippen LogP) is 7.45. The summed E-state index contributed by atoms with van der Waals surface area (Å²) in [4.78, 5) is 19.3. The number of rotatable bonds is 12. The van der Waals surface area contributed by atoms with Gasteiger partial charge in [-0.1, -0.05) is 61.8 Å². The van der Waals surface area contributed by atoms with E-state index in [1.807, 2.05) is 30.5 Å². The lowest BCUT2D eigenvalue weighted by Crippen LogP contribution is -2.47. The molecule has 0 bridgehead atoms. The highest BCUT2D eigenvalue weighted by atomic mass is 35.5. The highest BCUT2D eigenvalue weighted by Crippen LogP contribution is 2.32.